The molecule has 0 saturated carbocycles. The largest absolute Gasteiger partial charge is 0.456 e. The van der Waals surface area contributed by atoms with Crippen LogP contribution in [0.4, 0.5) is 10.5 Å². The van der Waals surface area contributed by atoms with E-state index in [1.165, 1.54) is 12.7 Å². The number of aryl methyl sites for hydroxylation is 2. The minimum absolute atomic E-state index is 0.405. The number of nitrogens with one attached hydrogen (secondary N) is 1. The maximum Gasteiger partial charge on any atom is 0.411 e. The summed E-state index contributed by atoms with van der Waals surface area (Å²) in [5.74, 6) is 1.24. The van der Waals surface area contributed by atoms with E-state index in [-0.39, 0.29) is 0 Å². The molecule has 0 aliphatic rings. The predicted molar refractivity (Wildman–Crippen MR) is 83.5 cm³/mol. The van der Waals surface area contributed by atoms with E-state index in [1.54, 1.807) is 18.2 Å². The minimum atomic E-state index is -0.547. The van der Waals surface area contributed by atoms with Crippen molar-refractivity contribution in [3.8, 4) is 11.5 Å². The molecule has 0 bridgehead atoms. The van der Waals surface area contributed by atoms with Gasteiger partial charge in [-0.05, 0) is 55.3 Å². The molecule has 0 spiro atoms. The van der Waals surface area contributed by atoms with Gasteiger partial charge in [-0.25, -0.2) is 4.79 Å². The lowest BCUT2D eigenvalue weighted by Gasteiger charge is -2.11. The van der Waals surface area contributed by atoms with E-state index < -0.39 is 6.09 Å². The van der Waals surface area contributed by atoms with Crippen LogP contribution in [0.25, 0.3) is 0 Å². The van der Waals surface area contributed by atoms with Crippen molar-refractivity contribution >= 4 is 23.4 Å². The second-order valence-corrected chi connectivity index (χ2v) is 5.02. The molecule has 0 unspecified atom stereocenters. The van der Waals surface area contributed by atoms with Gasteiger partial charge >= 0.3 is 6.09 Å². The molecule has 0 aliphatic carbocycles. The van der Waals surface area contributed by atoms with Crippen LogP contribution in [0.1, 0.15) is 11.1 Å². The summed E-state index contributed by atoms with van der Waals surface area (Å²) in [6.07, 6.45) is -0.547. The van der Waals surface area contributed by atoms with Crippen LogP contribution in [0.15, 0.2) is 36.4 Å². The topological polar surface area (TPSA) is 47.6 Å². The third kappa shape index (κ3) is 3.89. The van der Waals surface area contributed by atoms with E-state index in [2.05, 4.69) is 10.1 Å². The van der Waals surface area contributed by atoms with Crippen LogP contribution in [0.5, 0.6) is 11.5 Å². The molecule has 0 heterocycles. The van der Waals surface area contributed by atoms with Gasteiger partial charge in [0.25, 0.3) is 0 Å². The SMILES string of the molecule is COC(=O)Nc1ccc(Oc2ccc(C)c(C)c2)c(Cl)c1. The second kappa shape index (κ2) is 6.50. The summed E-state index contributed by atoms with van der Waals surface area (Å²) in [6, 6.07) is 10.8. The van der Waals surface area contributed by atoms with Crippen molar-refractivity contribution in [2.45, 2.75) is 13.8 Å². The van der Waals surface area contributed by atoms with Crippen LogP contribution in [-0.2, 0) is 4.74 Å². The van der Waals surface area contributed by atoms with Gasteiger partial charge in [0, 0.05) is 5.69 Å². The molecule has 1 amide bonds. The van der Waals surface area contributed by atoms with Crippen molar-refractivity contribution in [1.29, 1.82) is 0 Å². The van der Waals surface area contributed by atoms with Gasteiger partial charge in [-0.2, -0.15) is 0 Å². The number of benzene rings is 2. The third-order valence-electron chi connectivity index (χ3n) is 3.07. The molecule has 5 heteroatoms. The molecular formula is C16H16ClNO3. The van der Waals surface area contributed by atoms with Crippen molar-refractivity contribution in [1.82, 2.24) is 0 Å². The average molecular weight is 306 g/mol. The number of hydrogen-bond donors (Lipinski definition) is 1. The van der Waals surface area contributed by atoms with Crippen molar-refractivity contribution in [2.24, 2.45) is 0 Å². The van der Waals surface area contributed by atoms with Gasteiger partial charge in [-0.3, -0.25) is 5.32 Å². The normalized spacial score (nSPS) is 10.1. The highest BCUT2D eigenvalue weighted by molar-refractivity contribution is 6.32. The highest BCUT2D eigenvalue weighted by Crippen LogP contribution is 2.32. The Hall–Kier alpha value is -2.20. The number of hydrogen-bond acceptors (Lipinski definition) is 3. The van der Waals surface area contributed by atoms with Gasteiger partial charge < -0.3 is 9.47 Å². The molecule has 110 valence electrons. The Bertz CT molecular complexity index is 671. The molecule has 0 atom stereocenters. The Labute approximate surface area is 128 Å². The molecule has 0 radical (unpaired) electrons. The monoisotopic (exact) mass is 305 g/mol. The summed E-state index contributed by atoms with van der Waals surface area (Å²) < 4.78 is 10.3. The molecule has 21 heavy (non-hydrogen) atoms. The summed E-state index contributed by atoms with van der Waals surface area (Å²) in [5.41, 5.74) is 2.89. The summed E-state index contributed by atoms with van der Waals surface area (Å²) in [5, 5.41) is 2.94. The number of halogens is 1. The van der Waals surface area contributed by atoms with Crippen LogP contribution >= 0.6 is 11.6 Å². The van der Waals surface area contributed by atoms with Crippen molar-refractivity contribution in [2.75, 3.05) is 12.4 Å². The van der Waals surface area contributed by atoms with Gasteiger partial charge in [-0.15, -0.1) is 0 Å². The zero-order valence-electron chi connectivity index (χ0n) is 12.1. The summed E-state index contributed by atoms with van der Waals surface area (Å²) in [6.45, 7) is 4.06. The van der Waals surface area contributed by atoms with E-state index in [9.17, 15) is 4.79 Å². The quantitative estimate of drug-likeness (QED) is 0.875. The van der Waals surface area contributed by atoms with E-state index in [0.29, 0.717) is 22.2 Å². The van der Waals surface area contributed by atoms with Crippen molar-refractivity contribution in [3.05, 3.63) is 52.5 Å². The lowest BCUT2D eigenvalue weighted by molar-refractivity contribution is 0.187. The molecule has 0 saturated heterocycles. The lowest BCUT2D eigenvalue weighted by Crippen LogP contribution is -2.10. The van der Waals surface area contributed by atoms with Crippen LogP contribution in [0.3, 0.4) is 0 Å². The number of methoxy groups -OCH3 is 1. The van der Waals surface area contributed by atoms with E-state index in [1.807, 2.05) is 32.0 Å². The van der Waals surface area contributed by atoms with Gasteiger partial charge in [0.15, 0.2) is 0 Å². The van der Waals surface area contributed by atoms with Crippen molar-refractivity contribution < 1.29 is 14.3 Å². The fourth-order valence-electron chi connectivity index (χ4n) is 1.73. The Morgan fingerprint density at radius 2 is 1.86 bits per heavy atom. The number of rotatable bonds is 3. The molecule has 0 aliphatic heterocycles. The number of carbonyl (C=O) groups is 1. The van der Waals surface area contributed by atoms with Gasteiger partial charge in [0.1, 0.15) is 11.5 Å². The van der Waals surface area contributed by atoms with Gasteiger partial charge in [0.05, 0.1) is 12.1 Å². The first-order valence-electron chi connectivity index (χ1n) is 6.39. The van der Waals surface area contributed by atoms with Crippen molar-refractivity contribution in [3.63, 3.8) is 0 Å². The number of carbonyl (C=O) groups excluding carboxylic acids is 1. The first-order chi connectivity index (χ1) is 9.99. The lowest BCUT2D eigenvalue weighted by atomic mass is 10.1. The number of anilines is 1. The minimum Gasteiger partial charge on any atom is -0.456 e. The smallest absolute Gasteiger partial charge is 0.411 e. The molecular weight excluding hydrogens is 290 g/mol. The Balaban J connectivity index is 2.17. The summed E-state index contributed by atoms with van der Waals surface area (Å²) in [7, 11) is 1.30. The molecule has 2 aromatic carbocycles. The molecule has 4 nitrogen and oxygen atoms in total. The van der Waals surface area contributed by atoms with Crippen LogP contribution in [0.2, 0.25) is 5.02 Å². The van der Waals surface area contributed by atoms with E-state index in [0.717, 1.165) is 5.56 Å². The summed E-state index contributed by atoms with van der Waals surface area (Å²) in [4.78, 5) is 11.1. The first kappa shape index (κ1) is 15.2. The van der Waals surface area contributed by atoms with Crippen LogP contribution in [0, 0.1) is 13.8 Å². The highest BCUT2D eigenvalue weighted by Gasteiger charge is 2.07. The number of amides is 1. The average Bonchev–Trinajstić information content (AvgIpc) is 2.45. The fraction of sp³-hybridized carbons (Fsp3) is 0.188. The Morgan fingerprint density at radius 1 is 1.10 bits per heavy atom. The van der Waals surface area contributed by atoms with E-state index in [4.69, 9.17) is 16.3 Å². The number of ether oxygens (including phenoxy) is 2. The zero-order chi connectivity index (χ0) is 15.4. The van der Waals surface area contributed by atoms with Crippen LogP contribution < -0.4 is 10.1 Å². The third-order valence-corrected chi connectivity index (χ3v) is 3.37. The second-order valence-electron chi connectivity index (χ2n) is 4.61. The summed E-state index contributed by atoms with van der Waals surface area (Å²) >= 11 is 6.16. The van der Waals surface area contributed by atoms with E-state index >= 15 is 0 Å². The molecule has 0 aromatic heterocycles. The Morgan fingerprint density at radius 3 is 2.48 bits per heavy atom. The molecule has 2 aromatic rings. The van der Waals surface area contributed by atoms with Crippen LogP contribution in [-0.4, -0.2) is 13.2 Å². The van der Waals surface area contributed by atoms with Gasteiger partial charge in [-0.1, -0.05) is 17.7 Å². The maximum atomic E-state index is 11.1. The Kier molecular flexibility index (Phi) is 4.70. The first-order valence-corrected chi connectivity index (χ1v) is 6.77. The molecule has 1 N–H and O–H groups in total. The highest BCUT2D eigenvalue weighted by atomic mass is 35.5. The predicted octanol–water partition coefficient (Wildman–Crippen LogP) is 4.93. The maximum absolute atomic E-state index is 11.1. The molecule has 0 fully saturated rings. The standard InChI is InChI=1S/C16H16ClNO3/c1-10-4-6-13(8-11(10)2)21-15-7-5-12(9-14(15)17)18-16(19)20-3/h4-9H,1-3H3,(H,18,19). The fourth-order valence-corrected chi connectivity index (χ4v) is 1.95. The van der Waals surface area contributed by atoms with Gasteiger partial charge in [0.2, 0.25) is 0 Å². The molecule has 2 rings (SSSR count). The zero-order valence-corrected chi connectivity index (χ0v) is 12.8.